The summed E-state index contributed by atoms with van der Waals surface area (Å²) in [6.45, 7) is 26.2. The number of carbonyl (C=O) groups is 3. The first-order valence-electron chi connectivity index (χ1n) is 15.3. The minimum Gasteiger partial charge on any atom is -0.465 e. The number of aliphatic hydroxyl groups is 1. The van der Waals surface area contributed by atoms with Gasteiger partial charge in [-0.15, -0.1) is 13.2 Å². The van der Waals surface area contributed by atoms with Crippen molar-refractivity contribution in [1.82, 2.24) is 9.80 Å². The zero-order valence-electron chi connectivity index (χ0n) is 26.9. The van der Waals surface area contributed by atoms with E-state index in [1.54, 1.807) is 17.1 Å². The van der Waals surface area contributed by atoms with Crippen LogP contribution in [0.1, 0.15) is 88.0 Å². The zero-order valence-corrected chi connectivity index (χ0v) is 26.9. The predicted octanol–water partition coefficient (Wildman–Crippen LogP) is 4.75. The molecule has 0 radical (unpaired) electrons. The number of carbonyl (C=O) groups excluding carboxylic acids is 3. The van der Waals surface area contributed by atoms with E-state index in [9.17, 15) is 19.5 Å². The van der Waals surface area contributed by atoms with Gasteiger partial charge in [0.1, 0.15) is 17.6 Å². The van der Waals surface area contributed by atoms with Crippen molar-refractivity contribution >= 4 is 17.8 Å². The standard InChI is InChI=1S/C33H54N2O6/c1-12-15-17-40-29(39)25-24-27(37)35(23(19-36)21(4)14-3)26(33(24)18-22(5)32(25,11)41-33)28(38)34(16-13-2)31(9,10)20-30(6,7)8/h12-13,21-26,36H,1-2,14-20H2,3-11H3/t21-,22?,23-,24-,25+,26?,32-,33?/m0/s1. The summed E-state index contributed by atoms with van der Waals surface area (Å²) in [6.07, 6.45) is 5.79. The average molecular weight is 575 g/mol. The van der Waals surface area contributed by atoms with Crippen molar-refractivity contribution in [3.8, 4) is 0 Å². The van der Waals surface area contributed by atoms with Gasteiger partial charge in [0.25, 0.3) is 0 Å². The zero-order chi connectivity index (χ0) is 31.1. The molecule has 8 nitrogen and oxygen atoms in total. The molecule has 41 heavy (non-hydrogen) atoms. The number of nitrogens with zero attached hydrogens (tertiary/aromatic N) is 2. The second kappa shape index (κ2) is 11.8. The van der Waals surface area contributed by atoms with Crippen molar-refractivity contribution in [2.75, 3.05) is 19.8 Å². The van der Waals surface area contributed by atoms with E-state index in [0.29, 0.717) is 25.8 Å². The molecule has 3 unspecified atom stereocenters. The Morgan fingerprint density at radius 1 is 1.24 bits per heavy atom. The molecule has 1 spiro atoms. The molecule has 3 aliphatic heterocycles. The maximum absolute atomic E-state index is 15.0. The molecule has 3 rings (SSSR count). The Balaban J connectivity index is 2.21. The summed E-state index contributed by atoms with van der Waals surface area (Å²) >= 11 is 0. The Labute approximate surface area is 247 Å². The van der Waals surface area contributed by atoms with Gasteiger partial charge in [-0.2, -0.15) is 0 Å². The number of amides is 2. The Hall–Kier alpha value is -2.19. The third-order valence-corrected chi connectivity index (χ3v) is 9.92. The molecular formula is C33H54N2O6. The summed E-state index contributed by atoms with van der Waals surface area (Å²) in [7, 11) is 0. The predicted molar refractivity (Wildman–Crippen MR) is 160 cm³/mol. The fourth-order valence-corrected chi connectivity index (χ4v) is 8.12. The molecule has 232 valence electrons. The number of likely N-dealkylation sites (tertiary alicyclic amines) is 1. The van der Waals surface area contributed by atoms with Crippen LogP contribution in [-0.4, -0.2) is 81.3 Å². The molecule has 0 aromatic rings. The van der Waals surface area contributed by atoms with Gasteiger partial charge in [0.15, 0.2) is 0 Å². The van der Waals surface area contributed by atoms with Crippen LogP contribution in [0.5, 0.6) is 0 Å². The van der Waals surface area contributed by atoms with E-state index in [1.165, 1.54) is 0 Å². The summed E-state index contributed by atoms with van der Waals surface area (Å²) in [6, 6.07) is -1.58. The van der Waals surface area contributed by atoms with E-state index < -0.39 is 46.6 Å². The smallest absolute Gasteiger partial charge is 0.312 e. The van der Waals surface area contributed by atoms with Gasteiger partial charge >= 0.3 is 5.97 Å². The van der Waals surface area contributed by atoms with E-state index in [1.807, 2.05) is 46.4 Å². The van der Waals surface area contributed by atoms with Crippen LogP contribution in [0, 0.1) is 29.1 Å². The summed E-state index contributed by atoms with van der Waals surface area (Å²) < 4.78 is 12.5. The lowest BCUT2D eigenvalue weighted by molar-refractivity contribution is -0.165. The number of ether oxygens (including phenoxy) is 2. The molecule has 2 bridgehead atoms. The van der Waals surface area contributed by atoms with Crippen LogP contribution in [0.3, 0.4) is 0 Å². The third-order valence-electron chi connectivity index (χ3n) is 9.92. The van der Waals surface area contributed by atoms with Crippen LogP contribution in [0.2, 0.25) is 0 Å². The number of esters is 1. The van der Waals surface area contributed by atoms with E-state index in [-0.39, 0.29) is 42.3 Å². The molecule has 0 aliphatic carbocycles. The van der Waals surface area contributed by atoms with E-state index in [4.69, 9.17) is 9.47 Å². The van der Waals surface area contributed by atoms with Gasteiger partial charge in [-0.1, -0.05) is 60.1 Å². The van der Waals surface area contributed by atoms with Crippen molar-refractivity contribution < 1.29 is 29.0 Å². The van der Waals surface area contributed by atoms with Crippen molar-refractivity contribution in [2.24, 2.45) is 29.1 Å². The molecule has 0 saturated carbocycles. The summed E-state index contributed by atoms with van der Waals surface area (Å²) in [5.74, 6) is -2.91. The quantitative estimate of drug-likeness (QED) is 0.194. The van der Waals surface area contributed by atoms with Crippen molar-refractivity contribution in [3.05, 3.63) is 25.3 Å². The van der Waals surface area contributed by atoms with Gasteiger partial charge in [-0.05, 0) is 57.3 Å². The largest absolute Gasteiger partial charge is 0.465 e. The average Bonchev–Trinajstić information content (AvgIpc) is 3.38. The number of hydrogen-bond donors (Lipinski definition) is 1. The van der Waals surface area contributed by atoms with E-state index >= 15 is 0 Å². The second-order valence-electron chi connectivity index (χ2n) is 14.6. The highest BCUT2D eigenvalue weighted by molar-refractivity contribution is 5.99. The minimum atomic E-state index is -1.21. The summed E-state index contributed by atoms with van der Waals surface area (Å²) in [5, 5.41) is 10.6. The molecule has 1 N–H and O–H groups in total. The maximum atomic E-state index is 15.0. The van der Waals surface area contributed by atoms with Crippen molar-refractivity contribution in [2.45, 2.75) is 117 Å². The maximum Gasteiger partial charge on any atom is 0.312 e. The molecule has 8 atom stereocenters. The third kappa shape index (κ3) is 5.63. The first-order chi connectivity index (χ1) is 19.0. The van der Waals surface area contributed by atoms with Crippen LogP contribution in [0.4, 0.5) is 0 Å². The number of hydrogen-bond acceptors (Lipinski definition) is 6. The lowest BCUT2D eigenvalue weighted by Crippen LogP contribution is -2.63. The van der Waals surface area contributed by atoms with Crippen LogP contribution in [-0.2, 0) is 23.9 Å². The van der Waals surface area contributed by atoms with Crippen LogP contribution >= 0.6 is 0 Å². The Morgan fingerprint density at radius 2 is 1.88 bits per heavy atom. The van der Waals surface area contributed by atoms with E-state index in [0.717, 1.165) is 6.42 Å². The number of fused-ring (bicyclic) bond motifs is 1. The Kier molecular flexibility index (Phi) is 9.61. The molecule has 3 heterocycles. The highest BCUT2D eigenvalue weighted by atomic mass is 16.6. The van der Waals surface area contributed by atoms with Gasteiger partial charge in [0.2, 0.25) is 11.8 Å². The molecule has 8 heteroatoms. The normalized spacial score (nSPS) is 32.4. The van der Waals surface area contributed by atoms with Gasteiger partial charge in [-0.3, -0.25) is 14.4 Å². The second-order valence-corrected chi connectivity index (χ2v) is 14.6. The van der Waals surface area contributed by atoms with Crippen molar-refractivity contribution in [1.29, 1.82) is 0 Å². The topological polar surface area (TPSA) is 96.4 Å². The van der Waals surface area contributed by atoms with Gasteiger partial charge in [-0.25, -0.2) is 0 Å². The fourth-order valence-electron chi connectivity index (χ4n) is 8.12. The Morgan fingerprint density at radius 3 is 2.39 bits per heavy atom. The molecule has 0 aromatic carbocycles. The highest BCUT2D eigenvalue weighted by Crippen LogP contribution is 2.66. The number of aliphatic hydroxyl groups excluding tert-OH is 1. The Bertz CT molecular complexity index is 1030. The molecule has 0 aromatic heterocycles. The van der Waals surface area contributed by atoms with Crippen LogP contribution in [0.15, 0.2) is 25.3 Å². The lowest BCUT2D eigenvalue weighted by Gasteiger charge is -2.47. The summed E-state index contributed by atoms with van der Waals surface area (Å²) in [4.78, 5) is 46.6. The van der Waals surface area contributed by atoms with Crippen molar-refractivity contribution in [3.63, 3.8) is 0 Å². The van der Waals surface area contributed by atoms with Crippen LogP contribution < -0.4 is 0 Å². The monoisotopic (exact) mass is 574 g/mol. The van der Waals surface area contributed by atoms with Gasteiger partial charge < -0.3 is 24.4 Å². The fraction of sp³-hybridized carbons (Fsp3) is 0.788. The molecule has 2 amide bonds. The number of rotatable bonds is 13. The lowest BCUT2D eigenvalue weighted by atomic mass is 9.62. The molecule has 3 saturated heterocycles. The van der Waals surface area contributed by atoms with E-state index in [2.05, 4.69) is 33.9 Å². The van der Waals surface area contributed by atoms with Gasteiger partial charge in [0, 0.05) is 12.1 Å². The minimum absolute atomic E-state index is 0.0653. The van der Waals surface area contributed by atoms with Crippen LogP contribution in [0.25, 0.3) is 0 Å². The molecule has 3 fully saturated rings. The summed E-state index contributed by atoms with van der Waals surface area (Å²) in [5.41, 5.74) is -2.79. The SMILES string of the molecule is C=CCCOC(=O)[C@H]1[C@H]2C(=O)N([C@@H](CO)[C@@H](C)CC)C(C(=O)N(CC=C)C(C)(C)CC(C)(C)C)C23CC(C)[C@]1(C)O3. The molecular weight excluding hydrogens is 520 g/mol. The first-order valence-corrected chi connectivity index (χ1v) is 15.3. The first kappa shape index (κ1) is 33.3. The molecule has 3 aliphatic rings. The van der Waals surface area contributed by atoms with Gasteiger partial charge in [0.05, 0.1) is 30.8 Å². The highest BCUT2D eigenvalue weighted by Gasteiger charge is 2.81.